The van der Waals surface area contributed by atoms with E-state index in [2.05, 4.69) is 9.97 Å². The van der Waals surface area contributed by atoms with E-state index in [0.29, 0.717) is 25.3 Å². The van der Waals surface area contributed by atoms with Gasteiger partial charge in [0.1, 0.15) is 0 Å². The lowest BCUT2D eigenvalue weighted by Crippen LogP contribution is -2.41. The summed E-state index contributed by atoms with van der Waals surface area (Å²) in [5.74, 6) is 0.760. The van der Waals surface area contributed by atoms with Crippen molar-refractivity contribution in [2.45, 2.75) is 52.4 Å². The Kier molecular flexibility index (Phi) is 7.96. The third-order valence-electron chi connectivity index (χ3n) is 5.80. The van der Waals surface area contributed by atoms with Gasteiger partial charge in [-0.15, -0.1) is 11.3 Å². The van der Waals surface area contributed by atoms with Crippen LogP contribution in [0.15, 0.2) is 24.4 Å². The molecular weight excluding hydrogens is 396 g/mol. The predicted molar refractivity (Wildman–Crippen MR) is 119 cm³/mol. The Morgan fingerprint density at radius 3 is 2.83 bits per heavy atom. The van der Waals surface area contributed by atoms with Crippen LogP contribution in [-0.4, -0.2) is 58.3 Å². The van der Waals surface area contributed by atoms with Crippen molar-refractivity contribution in [1.82, 2.24) is 19.8 Å². The van der Waals surface area contributed by atoms with Crippen molar-refractivity contribution in [3.8, 4) is 0 Å². The van der Waals surface area contributed by atoms with Gasteiger partial charge in [-0.3, -0.25) is 14.6 Å². The zero-order valence-electron chi connectivity index (χ0n) is 18.3. The second-order valence-corrected chi connectivity index (χ2v) is 9.48. The Bertz CT molecular complexity index is 852. The van der Waals surface area contributed by atoms with E-state index < -0.39 is 0 Å². The molecule has 3 heterocycles. The van der Waals surface area contributed by atoms with Gasteiger partial charge in [0.15, 0.2) is 0 Å². The van der Waals surface area contributed by atoms with Crippen LogP contribution in [0.5, 0.6) is 0 Å². The summed E-state index contributed by atoms with van der Waals surface area (Å²) >= 11 is 1.61. The Morgan fingerprint density at radius 2 is 2.13 bits per heavy atom. The molecule has 162 valence electrons. The number of carbonyl (C=O) groups excluding carboxylic acids is 2. The molecule has 0 bridgehead atoms. The van der Waals surface area contributed by atoms with Crippen LogP contribution in [-0.2, 0) is 22.4 Å². The van der Waals surface area contributed by atoms with Crippen LogP contribution < -0.4 is 0 Å². The minimum absolute atomic E-state index is 0.171. The average Bonchev–Trinajstić information content (AvgIpc) is 3.07. The summed E-state index contributed by atoms with van der Waals surface area (Å²) in [4.78, 5) is 38.9. The number of pyridine rings is 1. The first kappa shape index (κ1) is 22.4. The minimum Gasteiger partial charge on any atom is -0.345 e. The summed E-state index contributed by atoms with van der Waals surface area (Å²) in [6.07, 6.45) is 6.48. The standard InChI is InChI=1S/C23H32N4O2S/c1-17-21(30-18(2)25-17)15-23(29)27-13-6-7-19(16-27)9-10-22(28)26(3)14-11-20-8-4-5-12-24-20/h4-5,8,12,19H,6-7,9-11,13-16H2,1-3H3/t19-/m1/s1. The van der Waals surface area contributed by atoms with Crippen molar-refractivity contribution in [2.75, 3.05) is 26.7 Å². The molecular formula is C23H32N4O2S. The van der Waals surface area contributed by atoms with E-state index in [1.54, 1.807) is 22.4 Å². The summed E-state index contributed by atoms with van der Waals surface area (Å²) in [5, 5.41) is 1.01. The molecule has 2 amide bonds. The number of thiazole rings is 1. The lowest BCUT2D eigenvalue weighted by atomic mass is 9.93. The van der Waals surface area contributed by atoms with Gasteiger partial charge >= 0.3 is 0 Å². The van der Waals surface area contributed by atoms with Crippen molar-refractivity contribution >= 4 is 23.2 Å². The minimum atomic E-state index is 0.171. The molecule has 0 spiro atoms. The van der Waals surface area contributed by atoms with E-state index >= 15 is 0 Å². The smallest absolute Gasteiger partial charge is 0.227 e. The zero-order valence-corrected chi connectivity index (χ0v) is 19.1. The number of aromatic nitrogens is 2. The highest BCUT2D eigenvalue weighted by Gasteiger charge is 2.25. The van der Waals surface area contributed by atoms with Gasteiger partial charge in [-0.05, 0) is 51.2 Å². The summed E-state index contributed by atoms with van der Waals surface area (Å²) < 4.78 is 0. The van der Waals surface area contributed by atoms with Crippen LogP contribution in [0.1, 0.15) is 47.0 Å². The average molecular weight is 429 g/mol. The van der Waals surface area contributed by atoms with E-state index in [1.165, 1.54) is 0 Å². The van der Waals surface area contributed by atoms with Gasteiger partial charge in [0.25, 0.3) is 0 Å². The predicted octanol–water partition coefficient (Wildman–Crippen LogP) is 3.42. The van der Waals surface area contributed by atoms with Crippen molar-refractivity contribution in [1.29, 1.82) is 0 Å². The molecule has 0 N–H and O–H groups in total. The molecule has 1 saturated heterocycles. The first-order valence-corrected chi connectivity index (χ1v) is 11.6. The Hall–Kier alpha value is -2.28. The largest absolute Gasteiger partial charge is 0.345 e. The van der Waals surface area contributed by atoms with E-state index in [1.807, 2.05) is 44.0 Å². The molecule has 1 fully saturated rings. The molecule has 6 nitrogen and oxygen atoms in total. The van der Waals surface area contributed by atoms with Crippen molar-refractivity contribution in [3.63, 3.8) is 0 Å². The van der Waals surface area contributed by atoms with Crippen molar-refractivity contribution in [2.24, 2.45) is 5.92 Å². The van der Waals surface area contributed by atoms with E-state index in [0.717, 1.165) is 60.0 Å². The van der Waals surface area contributed by atoms with Gasteiger partial charge in [-0.25, -0.2) is 4.98 Å². The van der Waals surface area contributed by atoms with Gasteiger partial charge in [-0.2, -0.15) is 0 Å². The fraction of sp³-hybridized carbons (Fsp3) is 0.565. The molecule has 0 aliphatic carbocycles. The van der Waals surface area contributed by atoms with Crippen LogP contribution >= 0.6 is 11.3 Å². The first-order chi connectivity index (χ1) is 14.4. The zero-order chi connectivity index (χ0) is 21.5. The van der Waals surface area contributed by atoms with Crippen molar-refractivity contribution in [3.05, 3.63) is 45.7 Å². The van der Waals surface area contributed by atoms with Gasteiger partial charge in [0.2, 0.25) is 11.8 Å². The summed E-state index contributed by atoms with van der Waals surface area (Å²) in [6, 6.07) is 5.86. The number of nitrogens with zero attached hydrogens (tertiary/aromatic N) is 4. The van der Waals surface area contributed by atoms with Gasteiger partial charge < -0.3 is 9.80 Å². The molecule has 0 saturated carbocycles. The summed E-state index contributed by atoms with van der Waals surface area (Å²) in [7, 11) is 1.86. The van der Waals surface area contributed by atoms with E-state index in [4.69, 9.17) is 0 Å². The normalized spacial score (nSPS) is 16.5. The summed E-state index contributed by atoms with van der Waals surface area (Å²) in [6.45, 7) is 6.22. The van der Waals surface area contributed by atoms with Crippen LogP contribution in [0.25, 0.3) is 0 Å². The SMILES string of the molecule is Cc1nc(C)c(CC(=O)N2CCC[C@H](CCC(=O)N(C)CCc3ccccn3)C2)s1. The molecule has 2 aromatic heterocycles. The Balaban J connectivity index is 1.42. The third kappa shape index (κ3) is 6.36. The number of carbonyl (C=O) groups is 2. The molecule has 30 heavy (non-hydrogen) atoms. The number of amides is 2. The fourth-order valence-electron chi connectivity index (χ4n) is 3.99. The molecule has 0 unspecified atom stereocenters. The maximum atomic E-state index is 12.8. The number of likely N-dealkylation sites (tertiary alicyclic amines) is 1. The molecule has 7 heteroatoms. The van der Waals surface area contributed by atoms with Gasteiger partial charge in [0.05, 0.1) is 17.1 Å². The fourth-order valence-corrected chi connectivity index (χ4v) is 4.91. The van der Waals surface area contributed by atoms with Crippen LogP contribution in [0.2, 0.25) is 0 Å². The first-order valence-electron chi connectivity index (χ1n) is 10.8. The van der Waals surface area contributed by atoms with Crippen LogP contribution in [0, 0.1) is 19.8 Å². The monoisotopic (exact) mass is 428 g/mol. The third-order valence-corrected chi connectivity index (χ3v) is 6.88. The molecule has 0 aromatic carbocycles. The molecule has 1 aliphatic heterocycles. The Labute approximate surface area is 183 Å². The number of hydrogen-bond acceptors (Lipinski definition) is 5. The number of aryl methyl sites for hydroxylation is 2. The summed E-state index contributed by atoms with van der Waals surface area (Å²) in [5.41, 5.74) is 1.98. The second-order valence-electron chi connectivity index (χ2n) is 8.19. The molecule has 1 atom stereocenters. The second kappa shape index (κ2) is 10.7. The molecule has 2 aromatic rings. The lowest BCUT2D eigenvalue weighted by Gasteiger charge is -2.33. The highest BCUT2D eigenvalue weighted by atomic mass is 32.1. The maximum Gasteiger partial charge on any atom is 0.227 e. The highest BCUT2D eigenvalue weighted by molar-refractivity contribution is 7.11. The maximum absolute atomic E-state index is 12.8. The number of likely N-dealkylation sites (N-methyl/N-ethyl adjacent to an activating group) is 1. The van der Waals surface area contributed by atoms with Gasteiger partial charge in [-0.1, -0.05) is 6.07 Å². The van der Waals surface area contributed by atoms with Crippen molar-refractivity contribution < 1.29 is 9.59 Å². The van der Waals surface area contributed by atoms with E-state index in [-0.39, 0.29) is 11.8 Å². The molecule has 0 radical (unpaired) electrons. The molecule has 3 rings (SSSR count). The quantitative estimate of drug-likeness (QED) is 0.646. The number of rotatable bonds is 8. The number of piperidine rings is 1. The molecule has 1 aliphatic rings. The number of hydrogen-bond donors (Lipinski definition) is 0. The van der Waals surface area contributed by atoms with E-state index in [9.17, 15) is 9.59 Å². The highest BCUT2D eigenvalue weighted by Crippen LogP contribution is 2.24. The van der Waals surface area contributed by atoms with Gasteiger partial charge in [0, 0.05) is 56.3 Å². The Morgan fingerprint density at radius 1 is 1.30 bits per heavy atom. The van der Waals surface area contributed by atoms with Crippen LogP contribution in [0.3, 0.4) is 0 Å². The van der Waals surface area contributed by atoms with Crippen LogP contribution in [0.4, 0.5) is 0 Å². The topological polar surface area (TPSA) is 66.4 Å². The lowest BCUT2D eigenvalue weighted by molar-refractivity contribution is -0.132.